The van der Waals surface area contributed by atoms with Gasteiger partial charge in [0, 0.05) is 6.20 Å². The van der Waals surface area contributed by atoms with E-state index in [4.69, 9.17) is 0 Å². The van der Waals surface area contributed by atoms with Crippen molar-refractivity contribution in [1.29, 1.82) is 0 Å². The fraction of sp³-hybridized carbons (Fsp3) is 0.118. The van der Waals surface area contributed by atoms with E-state index in [1.165, 1.54) is 18.3 Å². The zero-order valence-corrected chi connectivity index (χ0v) is 13.8. The molecule has 0 bridgehead atoms. The van der Waals surface area contributed by atoms with Crippen LogP contribution in [0.3, 0.4) is 0 Å². The number of rotatable bonds is 5. The quantitative estimate of drug-likeness (QED) is 0.772. The molecule has 0 aliphatic carbocycles. The SMILES string of the molecule is Cc1cccc(Cn2cc(NS(=O)(=O)c3ccc(F)cc3)cn2)c1. The number of hydrogen-bond donors (Lipinski definition) is 1. The lowest BCUT2D eigenvalue weighted by Crippen LogP contribution is -2.12. The maximum Gasteiger partial charge on any atom is 0.261 e. The summed E-state index contributed by atoms with van der Waals surface area (Å²) in [5.74, 6) is -0.486. The van der Waals surface area contributed by atoms with Gasteiger partial charge in [-0.15, -0.1) is 0 Å². The molecule has 0 fully saturated rings. The first-order valence-electron chi connectivity index (χ1n) is 7.29. The van der Waals surface area contributed by atoms with E-state index in [9.17, 15) is 12.8 Å². The van der Waals surface area contributed by atoms with E-state index in [0.717, 1.165) is 23.3 Å². The summed E-state index contributed by atoms with van der Waals surface area (Å²) in [4.78, 5) is -0.00432. The fourth-order valence-corrected chi connectivity index (χ4v) is 3.36. The smallest absolute Gasteiger partial charge is 0.261 e. The van der Waals surface area contributed by atoms with Crippen LogP contribution in [0.15, 0.2) is 65.8 Å². The Bertz CT molecular complexity index is 950. The van der Waals surface area contributed by atoms with Crippen molar-refractivity contribution in [3.63, 3.8) is 0 Å². The van der Waals surface area contributed by atoms with Gasteiger partial charge in [0.2, 0.25) is 0 Å². The van der Waals surface area contributed by atoms with Crippen LogP contribution >= 0.6 is 0 Å². The van der Waals surface area contributed by atoms with Gasteiger partial charge in [0.15, 0.2) is 0 Å². The third kappa shape index (κ3) is 3.80. The first-order chi connectivity index (χ1) is 11.4. The van der Waals surface area contributed by atoms with Crippen molar-refractivity contribution >= 4 is 15.7 Å². The molecule has 0 saturated heterocycles. The third-order valence-corrected chi connectivity index (χ3v) is 4.83. The normalized spacial score (nSPS) is 11.4. The molecular weight excluding hydrogens is 329 g/mol. The zero-order valence-electron chi connectivity index (χ0n) is 13.0. The topological polar surface area (TPSA) is 64.0 Å². The van der Waals surface area contributed by atoms with E-state index in [0.29, 0.717) is 12.2 Å². The molecule has 0 spiro atoms. The van der Waals surface area contributed by atoms with Crippen LogP contribution in [0, 0.1) is 12.7 Å². The second-order valence-corrected chi connectivity index (χ2v) is 7.16. The minimum atomic E-state index is -3.77. The summed E-state index contributed by atoms with van der Waals surface area (Å²) in [5, 5.41) is 4.16. The lowest BCUT2D eigenvalue weighted by Gasteiger charge is -2.06. The molecule has 0 unspecified atom stereocenters. The molecule has 1 aromatic heterocycles. The number of aryl methyl sites for hydroxylation is 1. The molecular formula is C17H16FN3O2S. The number of nitrogens with zero attached hydrogens (tertiary/aromatic N) is 2. The van der Waals surface area contributed by atoms with Crippen LogP contribution in [-0.4, -0.2) is 18.2 Å². The average molecular weight is 345 g/mol. The Morgan fingerprint density at radius 1 is 1.17 bits per heavy atom. The van der Waals surface area contributed by atoms with Gasteiger partial charge in [-0.25, -0.2) is 12.8 Å². The van der Waals surface area contributed by atoms with Crippen molar-refractivity contribution in [3.8, 4) is 0 Å². The second kappa shape index (κ2) is 6.45. The Balaban J connectivity index is 1.75. The number of hydrogen-bond acceptors (Lipinski definition) is 3. The van der Waals surface area contributed by atoms with Crippen molar-refractivity contribution in [2.75, 3.05) is 4.72 Å². The van der Waals surface area contributed by atoms with Crippen LogP contribution in [0.4, 0.5) is 10.1 Å². The second-order valence-electron chi connectivity index (χ2n) is 5.48. The highest BCUT2D eigenvalue weighted by Gasteiger charge is 2.15. The first kappa shape index (κ1) is 16.2. The minimum absolute atomic E-state index is 0.00432. The summed E-state index contributed by atoms with van der Waals surface area (Å²) in [6.45, 7) is 2.55. The molecule has 1 heterocycles. The number of halogens is 1. The largest absolute Gasteiger partial charge is 0.276 e. The van der Waals surface area contributed by atoms with Crippen LogP contribution in [0.2, 0.25) is 0 Å². The molecule has 3 aromatic rings. The molecule has 0 atom stereocenters. The van der Waals surface area contributed by atoms with E-state index >= 15 is 0 Å². The molecule has 0 aliphatic heterocycles. The summed E-state index contributed by atoms with van der Waals surface area (Å²) in [5.41, 5.74) is 2.58. The standard InChI is InChI=1S/C17H16FN3O2S/c1-13-3-2-4-14(9-13)11-21-12-16(10-19-21)20-24(22,23)17-7-5-15(18)6-8-17/h2-10,12,20H,11H2,1H3. The number of sulfonamides is 1. The molecule has 2 aromatic carbocycles. The van der Waals surface area contributed by atoms with Gasteiger partial charge in [-0.3, -0.25) is 9.40 Å². The number of nitrogens with one attached hydrogen (secondary N) is 1. The highest BCUT2D eigenvalue weighted by Crippen LogP contribution is 2.16. The molecule has 7 heteroatoms. The lowest BCUT2D eigenvalue weighted by atomic mass is 10.1. The Labute approximate surface area is 139 Å². The monoisotopic (exact) mass is 345 g/mol. The Kier molecular flexibility index (Phi) is 4.35. The summed E-state index contributed by atoms with van der Waals surface area (Å²) in [7, 11) is -3.77. The minimum Gasteiger partial charge on any atom is -0.276 e. The summed E-state index contributed by atoms with van der Waals surface area (Å²) in [6.07, 6.45) is 3.06. The fourth-order valence-electron chi connectivity index (χ4n) is 2.33. The number of benzene rings is 2. The van der Waals surface area contributed by atoms with Gasteiger partial charge in [-0.05, 0) is 36.8 Å². The van der Waals surface area contributed by atoms with E-state index in [1.807, 2.05) is 31.2 Å². The van der Waals surface area contributed by atoms with Gasteiger partial charge >= 0.3 is 0 Å². The predicted molar refractivity (Wildman–Crippen MR) is 89.7 cm³/mol. The Hall–Kier alpha value is -2.67. The van der Waals surface area contributed by atoms with Crippen molar-refractivity contribution in [2.24, 2.45) is 0 Å². The summed E-state index contributed by atoms with van der Waals surface area (Å²) in [6, 6.07) is 12.7. The van der Waals surface area contributed by atoms with Crippen molar-refractivity contribution in [1.82, 2.24) is 9.78 Å². The maximum absolute atomic E-state index is 12.9. The predicted octanol–water partition coefficient (Wildman–Crippen LogP) is 3.18. The van der Waals surface area contributed by atoms with Crippen LogP contribution in [0.25, 0.3) is 0 Å². The van der Waals surface area contributed by atoms with Gasteiger partial charge in [-0.1, -0.05) is 29.8 Å². The number of anilines is 1. The molecule has 5 nitrogen and oxygen atoms in total. The molecule has 0 aliphatic rings. The van der Waals surface area contributed by atoms with Gasteiger partial charge in [0.05, 0.1) is 23.3 Å². The molecule has 0 amide bonds. The van der Waals surface area contributed by atoms with Crippen molar-refractivity contribution < 1.29 is 12.8 Å². The molecule has 3 rings (SSSR count). The van der Waals surface area contributed by atoms with Crippen molar-refractivity contribution in [3.05, 3.63) is 77.9 Å². The summed E-state index contributed by atoms with van der Waals surface area (Å²) < 4.78 is 41.5. The van der Waals surface area contributed by atoms with E-state index < -0.39 is 15.8 Å². The van der Waals surface area contributed by atoms with E-state index in [-0.39, 0.29) is 4.90 Å². The average Bonchev–Trinajstić information content (AvgIpc) is 2.94. The van der Waals surface area contributed by atoms with Crippen LogP contribution in [-0.2, 0) is 16.6 Å². The Morgan fingerprint density at radius 3 is 2.62 bits per heavy atom. The van der Waals surface area contributed by atoms with Crippen LogP contribution in [0.1, 0.15) is 11.1 Å². The molecule has 124 valence electrons. The van der Waals surface area contributed by atoms with E-state index in [1.54, 1.807) is 10.9 Å². The third-order valence-electron chi connectivity index (χ3n) is 3.44. The van der Waals surface area contributed by atoms with Gasteiger partial charge in [0.1, 0.15) is 5.82 Å². The first-order valence-corrected chi connectivity index (χ1v) is 8.77. The van der Waals surface area contributed by atoms with Gasteiger partial charge in [-0.2, -0.15) is 5.10 Å². The zero-order chi connectivity index (χ0) is 17.2. The van der Waals surface area contributed by atoms with Crippen molar-refractivity contribution in [2.45, 2.75) is 18.4 Å². The van der Waals surface area contributed by atoms with E-state index in [2.05, 4.69) is 9.82 Å². The van der Waals surface area contributed by atoms with Gasteiger partial charge < -0.3 is 0 Å². The molecule has 24 heavy (non-hydrogen) atoms. The van der Waals surface area contributed by atoms with Crippen LogP contribution in [0.5, 0.6) is 0 Å². The highest BCUT2D eigenvalue weighted by atomic mass is 32.2. The molecule has 1 N–H and O–H groups in total. The number of aromatic nitrogens is 2. The van der Waals surface area contributed by atoms with Crippen LogP contribution < -0.4 is 4.72 Å². The molecule has 0 radical (unpaired) electrons. The van der Waals surface area contributed by atoms with Gasteiger partial charge in [0.25, 0.3) is 10.0 Å². The Morgan fingerprint density at radius 2 is 1.92 bits per heavy atom. The maximum atomic E-state index is 12.9. The highest BCUT2D eigenvalue weighted by molar-refractivity contribution is 7.92. The lowest BCUT2D eigenvalue weighted by molar-refractivity contribution is 0.599. The molecule has 0 saturated carbocycles. The summed E-state index contributed by atoms with van der Waals surface area (Å²) >= 11 is 0.